The summed E-state index contributed by atoms with van der Waals surface area (Å²) in [5.74, 6) is -1.20. The quantitative estimate of drug-likeness (QED) is 0.816. The van der Waals surface area contributed by atoms with Crippen LogP contribution in [-0.4, -0.2) is 27.5 Å². The Balaban J connectivity index is 3.18. The maximum atomic E-state index is 12.0. The van der Waals surface area contributed by atoms with E-state index in [1.165, 1.54) is 0 Å². The molecule has 6 heteroatoms. The maximum Gasteiger partial charge on any atom is 0.355 e. The van der Waals surface area contributed by atoms with Crippen LogP contribution in [0.15, 0.2) is 0 Å². The van der Waals surface area contributed by atoms with Crippen LogP contribution in [-0.2, 0) is 6.54 Å². The van der Waals surface area contributed by atoms with Gasteiger partial charge in [-0.05, 0) is 6.92 Å². The van der Waals surface area contributed by atoms with Crippen LogP contribution >= 0.6 is 11.6 Å². The highest BCUT2D eigenvalue weighted by molar-refractivity contribution is 6.33. The van der Waals surface area contributed by atoms with Gasteiger partial charge in [0.2, 0.25) is 0 Å². The monoisotopic (exact) mass is 206 g/mol. The van der Waals surface area contributed by atoms with E-state index in [9.17, 15) is 9.18 Å². The van der Waals surface area contributed by atoms with E-state index in [1.807, 2.05) is 0 Å². The molecule has 4 nitrogen and oxygen atoms in total. The average Bonchev–Trinajstić information content (AvgIpc) is 2.28. The minimum Gasteiger partial charge on any atom is -0.476 e. The second kappa shape index (κ2) is 3.74. The first-order valence-electron chi connectivity index (χ1n) is 3.60. The van der Waals surface area contributed by atoms with Crippen molar-refractivity contribution in [3.8, 4) is 0 Å². The van der Waals surface area contributed by atoms with Crippen LogP contribution in [0.5, 0.6) is 0 Å². The predicted octanol–water partition coefficient (Wildman–Crippen LogP) is 1.51. The third-order valence-electron chi connectivity index (χ3n) is 1.55. The molecule has 1 N–H and O–H groups in total. The molecule has 0 bridgehead atoms. The molecule has 1 rings (SSSR count). The third-order valence-corrected chi connectivity index (χ3v) is 2.01. The van der Waals surface area contributed by atoms with Crippen molar-refractivity contribution in [3.63, 3.8) is 0 Å². The van der Waals surface area contributed by atoms with Crippen molar-refractivity contribution in [2.75, 3.05) is 6.67 Å². The SMILES string of the molecule is Cc1nn(CCF)c(C(=O)O)c1Cl. The highest BCUT2D eigenvalue weighted by Gasteiger charge is 2.19. The molecule has 1 aromatic heterocycles. The fourth-order valence-electron chi connectivity index (χ4n) is 1.01. The molecule has 1 heterocycles. The molecule has 0 saturated heterocycles. The number of hydrogen-bond donors (Lipinski definition) is 1. The van der Waals surface area contributed by atoms with Crippen LogP contribution in [0.1, 0.15) is 16.2 Å². The van der Waals surface area contributed by atoms with Gasteiger partial charge in [0.25, 0.3) is 0 Å². The zero-order valence-electron chi connectivity index (χ0n) is 6.92. The predicted molar refractivity (Wildman–Crippen MR) is 44.9 cm³/mol. The molecule has 1 aromatic rings. The fourth-order valence-corrected chi connectivity index (χ4v) is 1.22. The fraction of sp³-hybridized carbons (Fsp3) is 0.429. The minimum absolute atomic E-state index is 0.0703. The molecule has 0 fully saturated rings. The van der Waals surface area contributed by atoms with Gasteiger partial charge in [-0.15, -0.1) is 0 Å². The normalized spacial score (nSPS) is 10.4. The minimum atomic E-state index is -1.20. The van der Waals surface area contributed by atoms with Crippen LogP contribution in [0.4, 0.5) is 4.39 Å². The summed E-state index contributed by atoms with van der Waals surface area (Å²) in [5, 5.41) is 12.6. The van der Waals surface area contributed by atoms with Crippen molar-refractivity contribution >= 4 is 17.6 Å². The molecule has 0 aromatic carbocycles. The van der Waals surface area contributed by atoms with Crippen molar-refractivity contribution in [1.29, 1.82) is 0 Å². The second-order valence-electron chi connectivity index (χ2n) is 2.47. The summed E-state index contributed by atoms with van der Waals surface area (Å²) in [4.78, 5) is 10.7. The first kappa shape index (κ1) is 9.98. The Morgan fingerprint density at radius 2 is 2.38 bits per heavy atom. The lowest BCUT2D eigenvalue weighted by atomic mass is 10.3. The molecule has 0 saturated carbocycles. The number of carboxylic acid groups (broad SMARTS) is 1. The van der Waals surface area contributed by atoms with Gasteiger partial charge in [0.15, 0.2) is 5.69 Å². The zero-order valence-corrected chi connectivity index (χ0v) is 7.68. The molecule has 13 heavy (non-hydrogen) atoms. The molecule has 0 atom stereocenters. The van der Waals surface area contributed by atoms with Crippen molar-refractivity contribution in [3.05, 3.63) is 16.4 Å². The van der Waals surface area contributed by atoms with Crippen molar-refractivity contribution in [1.82, 2.24) is 9.78 Å². The summed E-state index contributed by atoms with van der Waals surface area (Å²) >= 11 is 5.66. The van der Waals surface area contributed by atoms with E-state index in [2.05, 4.69) is 5.10 Å². The Morgan fingerprint density at radius 1 is 1.77 bits per heavy atom. The van der Waals surface area contributed by atoms with Gasteiger partial charge in [0.05, 0.1) is 17.3 Å². The molecular weight excluding hydrogens is 199 g/mol. The van der Waals surface area contributed by atoms with Gasteiger partial charge in [-0.3, -0.25) is 4.68 Å². The highest BCUT2D eigenvalue weighted by atomic mass is 35.5. The van der Waals surface area contributed by atoms with Crippen LogP contribution in [0.2, 0.25) is 5.02 Å². The van der Waals surface area contributed by atoms with Crippen molar-refractivity contribution in [2.45, 2.75) is 13.5 Å². The van der Waals surface area contributed by atoms with Gasteiger partial charge in [-0.1, -0.05) is 11.6 Å². The molecule has 0 spiro atoms. The molecule has 0 unspecified atom stereocenters. The number of aromatic nitrogens is 2. The van der Waals surface area contributed by atoms with E-state index in [0.29, 0.717) is 5.69 Å². The Kier molecular flexibility index (Phi) is 2.87. The van der Waals surface area contributed by atoms with E-state index in [1.54, 1.807) is 6.92 Å². The molecule has 0 amide bonds. The molecule has 0 aliphatic rings. The van der Waals surface area contributed by atoms with E-state index in [0.717, 1.165) is 4.68 Å². The Morgan fingerprint density at radius 3 is 2.85 bits per heavy atom. The van der Waals surface area contributed by atoms with Gasteiger partial charge in [0, 0.05) is 0 Å². The van der Waals surface area contributed by atoms with Gasteiger partial charge < -0.3 is 5.11 Å². The lowest BCUT2D eigenvalue weighted by Crippen LogP contribution is -2.11. The summed E-state index contributed by atoms with van der Waals surface area (Å²) in [7, 11) is 0. The van der Waals surface area contributed by atoms with Crippen LogP contribution < -0.4 is 0 Å². The lowest BCUT2D eigenvalue weighted by molar-refractivity contribution is 0.0683. The van der Waals surface area contributed by atoms with Crippen LogP contribution in [0, 0.1) is 6.92 Å². The summed E-state index contributed by atoms with van der Waals surface area (Å²) in [6, 6.07) is 0. The summed E-state index contributed by atoms with van der Waals surface area (Å²) in [6.45, 7) is 0.816. The van der Waals surface area contributed by atoms with E-state index >= 15 is 0 Å². The van der Waals surface area contributed by atoms with Crippen molar-refractivity contribution in [2.24, 2.45) is 0 Å². The highest BCUT2D eigenvalue weighted by Crippen LogP contribution is 2.19. The Labute approximate surface area is 78.9 Å². The standard InChI is InChI=1S/C7H8ClFN2O2/c1-4-5(8)6(7(12)13)11(10-4)3-2-9/h2-3H2,1H3,(H,12,13). The molecule has 0 radical (unpaired) electrons. The Hall–Kier alpha value is -1.10. The van der Waals surface area contributed by atoms with E-state index in [4.69, 9.17) is 16.7 Å². The Bertz CT molecular complexity index is 337. The summed E-state index contributed by atoms with van der Waals surface area (Å²) in [5.41, 5.74) is 0.240. The van der Waals surface area contributed by atoms with Gasteiger partial charge in [-0.25, -0.2) is 9.18 Å². The summed E-state index contributed by atoms with van der Waals surface area (Å²) < 4.78 is 13.0. The molecule has 0 aliphatic carbocycles. The molecular formula is C7H8ClFN2O2. The number of aryl methyl sites for hydroxylation is 2. The lowest BCUT2D eigenvalue weighted by Gasteiger charge is -1.99. The van der Waals surface area contributed by atoms with Gasteiger partial charge in [-0.2, -0.15) is 5.10 Å². The number of carbonyl (C=O) groups is 1. The van der Waals surface area contributed by atoms with Gasteiger partial charge in [0.1, 0.15) is 6.67 Å². The number of aromatic carboxylic acids is 1. The second-order valence-corrected chi connectivity index (χ2v) is 2.84. The number of rotatable bonds is 3. The zero-order chi connectivity index (χ0) is 10.0. The number of alkyl halides is 1. The average molecular weight is 207 g/mol. The first-order chi connectivity index (χ1) is 6.07. The number of nitrogens with zero attached hydrogens (tertiary/aromatic N) is 2. The van der Waals surface area contributed by atoms with Crippen molar-refractivity contribution < 1.29 is 14.3 Å². The molecule has 0 aliphatic heterocycles. The number of hydrogen-bond acceptors (Lipinski definition) is 2. The van der Waals surface area contributed by atoms with E-state index < -0.39 is 12.6 Å². The third kappa shape index (κ3) is 1.80. The molecule has 72 valence electrons. The number of carboxylic acids is 1. The summed E-state index contributed by atoms with van der Waals surface area (Å²) in [6.07, 6.45) is 0. The van der Waals surface area contributed by atoms with Crippen LogP contribution in [0.3, 0.4) is 0 Å². The number of halogens is 2. The topological polar surface area (TPSA) is 55.1 Å². The largest absolute Gasteiger partial charge is 0.476 e. The maximum absolute atomic E-state index is 12.0. The van der Waals surface area contributed by atoms with E-state index in [-0.39, 0.29) is 17.3 Å². The van der Waals surface area contributed by atoms with Gasteiger partial charge >= 0.3 is 5.97 Å². The smallest absolute Gasteiger partial charge is 0.355 e. The first-order valence-corrected chi connectivity index (χ1v) is 3.98. The van der Waals surface area contributed by atoms with Crippen LogP contribution in [0.25, 0.3) is 0 Å².